The van der Waals surface area contributed by atoms with Crippen molar-refractivity contribution in [2.24, 2.45) is 16.7 Å². The fourth-order valence-electron chi connectivity index (χ4n) is 3.49. The van der Waals surface area contributed by atoms with Crippen molar-refractivity contribution >= 4 is 20.5 Å². The SMILES string of the molecule is COC(=O)C1(C#N)CCC(COC(=O)C(C)(CC(C)(C)C)PC)C1. The van der Waals surface area contributed by atoms with Crippen molar-refractivity contribution in [3.05, 3.63) is 0 Å². The Hall–Kier alpha value is -1.14. The molecular weight excluding hydrogens is 325 g/mol. The molecule has 0 aromatic carbocycles. The van der Waals surface area contributed by atoms with Gasteiger partial charge in [-0.1, -0.05) is 20.8 Å². The zero-order chi connectivity index (χ0) is 18.6. The van der Waals surface area contributed by atoms with Gasteiger partial charge in [-0.2, -0.15) is 5.26 Å². The molecule has 0 aliphatic heterocycles. The summed E-state index contributed by atoms with van der Waals surface area (Å²) in [6.07, 6.45) is 2.32. The minimum Gasteiger partial charge on any atom is -0.468 e. The number of carbonyl (C=O) groups is 2. The molecule has 0 aromatic rings. The van der Waals surface area contributed by atoms with E-state index in [1.54, 1.807) is 0 Å². The number of nitriles is 1. The molecule has 0 N–H and O–H groups in total. The molecule has 1 saturated carbocycles. The predicted molar refractivity (Wildman–Crippen MR) is 95.1 cm³/mol. The first-order valence-electron chi connectivity index (χ1n) is 8.38. The van der Waals surface area contributed by atoms with Crippen LogP contribution in [0.4, 0.5) is 0 Å². The van der Waals surface area contributed by atoms with E-state index in [0.29, 0.717) is 27.8 Å². The van der Waals surface area contributed by atoms with Crippen molar-refractivity contribution in [3.8, 4) is 6.07 Å². The molecule has 24 heavy (non-hydrogen) atoms. The maximum Gasteiger partial charge on any atom is 0.326 e. The summed E-state index contributed by atoms with van der Waals surface area (Å²) in [5, 5.41) is 8.87. The van der Waals surface area contributed by atoms with Crippen molar-refractivity contribution in [1.82, 2.24) is 0 Å². The van der Waals surface area contributed by atoms with Crippen LogP contribution in [0, 0.1) is 28.1 Å². The molecule has 0 radical (unpaired) electrons. The topological polar surface area (TPSA) is 76.4 Å². The number of esters is 2. The molecule has 0 amide bonds. The summed E-state index contributed by atoms with van der Waals surface area (Å²) >= 11 is 0. The van der Waals surface area contributed by atoms with Gasteiger partial charge in [-0.15, -0.1) is 8.58 Å². The molecule has 1 rings (SSSR count). The monoisotopic (exact) mass is 355 g/mol. The van der Waals surface area contributed by atoms with Crippen LogP contribution in [-0.2, 0) is 19.1 Å². The maximum atomic E-state index is 12.6. The second-order valence-corrected chi connectivity index (χ2v) is 9.82. The van der Waals surface area contributed by atoms with Crippen molar-refractivity contribution in [3.63, 3.8) is 0 Å². The molecule has 0 heterocycles. The van der Waals surface area contributed by atoms with E-state index in [2.05, 4.69) is 26.8 Å². The van der Waals surface area contributed by atoms with Gasteiger partial charge in [0, 0.05) is 0 Å². The van der Waals surface area contributed by atoms with Crippen LogP contribution in [0.25, 0.3) is 0 Å². The lowest BCUT2D eigenvalue weighted by molar-refractivity contribution is -0.149. The van der Waals surface area contributed by atoms with Crippen LogP contribution < -0.4 is 0 Å². The first kappa shape index (κ1) is 20.9. The molecule has 6 heteroatoms. The maximum absolute atomic E-state index is 12.6. The van der Waals surface area contributed by atoms with Gasteiger partial charge < -0.3 is 9.47 Å². The minimum atomic E-state index is -1.08. The molecule has 0 aromatic heterocycles. The third-order valence-corrected chi connectivity index (χ3v) is 6.23. The summed E-state index contributed by atoms with van der Waals surface area (Å²) in [7, 11) is 1.76. The lowest BCUT2D eigenvalue weighted by Gasteiger charge is -2.33. The van der Waals surface area contributed by atoms with E-state index in [0.717, 1.165) is 6.42 Å². The van der Waals surface area contributed by atoms with Crippen LogP contribution in [0.1, 0.15) is 53.4 Å². The summed E-state index contributed by atoms with van der Waals surface area (Å²) in [6.45, 7) is 10.6. The minimum absolute atomic E-state index is 0.0341. The normalized spacial score (nSPS) is 26.8. The van der Waals surface area contributed by atoms with Crippen LogP contribution >= 0.6 is 8.58 Å². The van der Waals surface area contributed by atoms with Crippen LogP contribution in [0.3, 0.4) is 0 Å². The van der Waals surface area contributed by atoms with E-state index in [4.69, 9.17) is 9.47 Å². The quantitative estimate of drug-likeness (QED) is 0.538. The number of carbonyl (C=O) groups excluding carboxylic acids is 2. The molecule has 1 fully saturated rings. The molecule has 4 atom stereocenters. The van der Waals surface area contributed by atoms with E-state index >= 15 is 0 Å². The average molecular weight is 355 g/mol. The Morgan fingerprint density at radius 2 is 1.96 bits per heavy atom. The second-order valence-electron chi connectivity index (χ2n) is 8.21. The predicted octanol–water partition coefficient (Wildman–Crippen LogP) is 3.52. The molecule has 136 valence electrons. The molecule has 1 aliphatic carbocycles. The van der Waals surface area contributed by atoms with E-state index in [9.17, 15) is 14.9 Å². The highest BCUT2D eigenvalue weighted by Crippen LogP contribution is 2.44. The van der Waals surface area contributed by atoms with Crippen LogP contribution in [0.5, 0.6) is 0 Å². The van der Waals surface area contributed by atoms with Gasteiger partial charge in [0.25, 0.3) is 0 Å². The zero-order valence-corrected chi connectivity index (χ0v) is 16.7. The molecule has 1 aliphatic rings. The smallest absolute Gasteiger partial charge is 0.326 e. The third-order valence-electron chi connectivity index (χ3n) is 4.74. The van der Waals surface area contributed by atoms with E-state index in [1.165, 1.54) is 7.11 Å². The van der Waals surface area contributed by atoms with Gasteiger partial charge in [0.05, 0.1) is 24.9 Å². The van der Waals surface area contributed by atoms with Crippen molar-refractivity contribution < 1.29 is 19.1 Å². The summed E-state index contributed by atoms with van der Waals surface area (Å²) < 4.78 is 10.3. The van der Waals surface area contributed by atoms with Gasteiger partial charge in [-0.25, -0.2) is 0 Å². The number of hydrogen-bond donors (Lipinski definition) is 0. The highest BCUT2D eigenvalue weighted by molar-refractivity contribution is 7.40. The lowest BCUT2D eigenvalue weighted by atomic mass is 9.85. The van der Waals surface area contributed by atoms with E-state index < -0.39 is 16.5 Å². The third kappa shape index (κ3) is 4.93. The molecule has 0 saturated heterocycles. The fraction of sp³-hybridized carbons (Fsp3) is 0.833. The van der Waals surface area contributed by atoms with E-state index in [-0.39, 0.29) is 23.9 Å². The van der Waals surface area contributed by atoms with Gasteiger partial charge in [-0.3, -0.25) is 9.59 Å². The van der Waals surface area contributed by atoms with Gasteiger partial charge in [0.15, 0.2) is 5.41 Å². The fourth-order valence-corrected chi connectivity index (χ4v) is 4.48. The number of nitrogens with zero attached hydrogens (tertiary/aromatic N) is 1. The molecule has 0 bridgehead atoms. The number of methoxy groups -OCH3 is 1. The Morgan fingerprint density at radius 1 is 1.33 bits per heavy atom. The van der Waals surface area contributed by atoms with E-state index in [1.807, 2.05) is 13.6 Å². The molecule has 4 unspecified atom stereocenters. The Kier molecular flexibility index (Phi) is 6.82. The standard InChI is InChI=1S/C18H30NO4P/c1-16(2,3)11-17(4,24-6)14(20)23-10-13-7-8-18(9-13,12-19)15(21)22-5/h13,24H,7-11H2,1-6H3. The van der Waals surface area contributed by atoms with Crippen LogP contribution in [0.15, 0.2) is 0 Å². The average Bonchev–Trinajstić information content (AvgIpc) is 2.94. The first-order valence-corrected chi connectivity index (χ1v) is 9.88. The Bertz CT molecular complexity index is 522. The Morgan fingerprint density at radius 3 is 2.42 bits per heavy atom. The highest BCUT2D eigenvalue weighted by Gasteiger charge is 2.47. The van der Waals surface area contributed by atoms with Crippen molar-refractivity contribution in [1.29, 1.82) is 5.26 Å². The van der Waals surface area contributed by atoms with Crippen molar-refractivity contribution in [2.45, 2.75) is 58.5 Å². The largest absolute Gasteiger partial charge is 0.468 e. The van der Waals surface area contributed by atoms with Gasteiger partial charge in [0.2, 0.25) is 0 Å². The summed E-state index contributed by atoms with van der Waals surface area (Å²) in [5.74, 6) is -0.621. The summed E-state index contributed by atoms with van der Waals surface area (Å²) in [4.78, 5) is 24.4. The van der Waals surface area contributed by atoms with Gasteiger partial charge in [0.1, 0.15) is 0 Å². The zero-order valence-electron chi connectivity index (χ0n) is 15.7. The lowest BCUT2D eigenvalue weighted by Crippen LogP contribution is -2.37. The summed E-state index contributed by atoms with van der Waals surface area (Å²) in [6, 6.07) is 2.10. The summed E-state index contributed by atoms with van der Waals surface area (Å²) in [5.41, 5.74) is -1.03. The first-order chi connectivity index (χ1) is 11.0. The Labute approximate surface area is 147 Å². The van der Waals surface area contributed by atoms with Crippen LogP contribution in [-0.4, -0.2) is 37.5 Å². The Balaban J connectivity index is 2.65. The second kappa shape index (κ2) is 7.83. The number of rotatable bonds is 6. The highest BCUT2D eigenvalue weighted by atomic mass is 31.1. The van der Waals surface area contributed by atoms with Gasteiger partial charge >= 0.3 is 11.9 Å². The molecule has 0 spiro atoms. The van der Waals surface area contributed by atoms with Crippen LogP contribution in [0.2, 0.25) is 0 Å². The molecule has 5 nitrogen and oxygen atoms in total. The van der Waals surface area contributed by atoms with Crippen molar-refractivity contribution in [2.75, 3.05) is 20.4 Å². The molecular formula is C18H30NO4P. The number of ether oxygens (including phenoxy) is 2. The number of hydrogen-bond acceptors (Lipinski definition) is 5. The van der Waals surface area contributed by atoms with Gasteiger partial charge in [-0.05, 0) is 50.6 Å².